The van der Waals surface area contributed by atoms with Crippen molar-refractivity contribution in [1.82, 2.24) is 0 Å². The summed E-state index contributed by atoms with van der Waals surface area (Å²) in [5, 5.41) is 0. The third-order valence-corrected chi connectivity index (χ3v) is 10.3. The Labute approximate surface area is 291 Å². The first-order valence-electron chi connectivity index (χ1n) is 20.7. The summed E-state index contributed by atoms with van der Waals surface area (Å²) in [6, 6.07) is 0. The SMILES string of the molecule is CCCCCCCCCCCCCCCCOCC(C[N+]1(C)CCCCC1)OCCCCCCCCCCCCCCCC.[Cl-]. The Hall–Kier alpha value is 0.170. The lowest BCUT2D eigenvalue weighted by Crippen LogP contribution is -3.00. The second-order valence-corrected chi connectivity index (χ2v) is 15.1. The molecule has 272 valence electrons. The van der Waals surface area contributed by atoms with Crippen LogP contribution in [-0.4, -0.2) is 57.1 Å². The number of rotatable bonds is 35. The van der Waals surface area contributed by atoms with Crippen molar-refractivity contribution in [3.8, 4) is 0 Å². The van der Waals surface area contributed by atoms with E-state index in [0.29, 0.717) is 0 Å². The van der Waals surface area contributed by atoms with Gasteiger partial charge < -0.3 is 26.4 Å². The lowest BCUT2D eigenvalue weighted by molar-refractivity contribution is -0.917. The molecule has 1 aliphatic rings. The molecule has 1 atom stereocenters. The molecule has 0 aromatic carbocycles. The van der Waals surface area contributed by atoms with Crippen LogP contribution in [0.25, 0.3) is 0 Å². The summed E-state index contributed by atoms with van der Waals surface area (Å²) in [6.07, 6.45) is 43.9. The van der Waals surface area contributed by atoms with Crippen LogP contribution in [0.15, 0.2) is 0 Å². The van der Waals surface area contributed by atoms with Gasteiger partial charge in [-0.25, -0.2) is 0 Å². The van der Waals surface area contributed by atoms with Crippen molar-refractivity contribution in [1.29, 1.82) is 0 Å². The molecule has 0 aromatic heterocycles. The van der Waals surface area contributed by atoms with E-state index in [1.54, 1.807) is 0 Å². The topological polar surface area (TPSA) is 18.5 Å². The zero-order valence-electron chi connectivity index (χ0n) is 31.4. The highest BCUT2D eigenvalue weighted by atomic mass is 35.5. The van der Waals surface area contributed by atoms with Gasteiger partial charge in [0.05, 0.1) is 26.7 Å². The number of unbranched alkanes of at least 4 members (excludes halogenated alkanes) is 26. The van der Waals surface area contributed by atoms with E-state index in [9.17, 15) is 0 Å². The summed E-state index contributed by atoms with van der Waals surface area (Å²) in [5.41, 5.74) is 0. The quantitative estimate of drug-likeness (QED) is 0.0499. The van der Waals surface area contributed by atoms with Crippen LogP contribution < -0.4 is 12.4 Å². The van der Waals surface area contributed by atoms with Gasteiger partial charge in [0.15, 0.2) is 0 Å². The average Bonchev–Trinajstić information content (AvgIpc) is 3.02. The molecule has 0 spiro atoms. The number of ether oxygens (including phenoxy) is 2. The van der Waals surface area contributed by atoms with Gasteiger partial charge >= 0.3 is 0 Å². The molecule has 1 saturated heterocycles. The second kappa shape index (κ2) is 35.5. The van der Waals surface area contributed by atoms with Gasteiger partial charge in [-0.15, -0.1) is 0 Å². The van der Waals surface area contributed by atoms with Crippen molar-refractivity contribution in [2.75, 3.05) is 46.5 Å². The maximum absolute atomic E-state index is 6.50. The van der Waals surface area contributed by atoms with Crippen LogP contribution in [0.2, 0.25) is 0 Å². The van der Waals surface area contributed by atoms with E-state index in [0.717, 1.165) is 26.4 Å². The fourth-order valence-electron chi connectivity index (χ4n) is 7.26. The second-order valence-electron chi connectivity index (χ2n) is 15.1. The molecular formula is C41H84ClNO2. The summed E-state index contributed by atoms with van der Waals surface area (Å²) in [7, 11) is 2.45. The van der Waals surface area contributed by atoms with Crippen LogP contribution >= 0.6 is 0 Å². The fraction of sp³-hybridized carbons (Fsp3) is 1.00. The van der Waals surface area contributed by atoms with E-state index in [1.807, 2.05) is 0 Å². The first kappa shape index (κ1) is 45.2. The molecule has 0 radical (unpaired) electrons. The van der Waals surface area contributed by atoms with E-state index < -0.39 is 0 Å². The molecule has 0 amide bonds. The first-order valence-corrected chi connectivity index (χ1v) is 20.7. The van der Waals surface area contributed by atoms with Gasteiger partial charge in [0.1, 0.15) is 12.6 Å². The number of likely N-dealkylation sites (N-methyl/N-ethyl adjacent to an activating group) is 1. The van der Waals surface area contributed by atoms with E-state index in [-0.39, 0.29) is 18.5 Å². The van der Waals surface area contributed by atoms with Gasteiger partial charge in [-0.3, -0.25) is 0 Å². The molecule has 3 nitrogen and oxygen atoms in total. The minimum atomic E-state index is 0. The number of piperidine rings is 1. The van der Waals surface area contributed by atoms with E-state index in [1.165, 1.54) is 217 Å². The maximum atomic E-state index is 6.50. The highest BCUT2D eigenvalue weighted by Gasteiger charge is 2.29. The van der Waals surface area contributed by atoms with Crippen LogP contribution in [0.5, 0.6) is 0 Å². The minimum Gasteiger partial charge on any atom is -1.00 e. The zero-order valence-corrected chi connectivity index (χ0v) is 32.1. The molecule has 1 rings (SSSR count). The standard InChI is InChI=1S/C41H84NO2.ClH/c1-4-6-8-10-12-14-16-18-20-22-24-26-28-33-37-43-40-41(39-42(3)35-31-30-32-36-42)44-38-34-29-27-25-23-21-19-17-15-13-11-9-7-5-2;/h41H,4-40H2,1-3H3;1H/q+1;/p-1. The van der Waals surface area contributed by atoms with Gasteiger partial charge in [0.2, 0.25) is 0 Å². The van der Waals surface area contributed by atoms with Gasteiger partial charge in [-0.1, -0.05) is 181 Å². The summed E-state index contributed by atoms with van der Waals surface area (Å²) in [6.45, 7) is 11.0. The molecule has 0 aromatic rings. The van der Waals surface area contributed by atoms with Crippen molar-refractivity contribution in [2.45, 2.75) is 219 Å². The summed E-state index contributed by atoms with van der Waals surface area (Å²) < 4.78 is 13.9. The van der Waals surface area contributed by atoms with Crippen LogP contribution in [-0.2, 0) is 9.47 Å². The summed E-state index contributed by atoms with van der Waals surface area (Å²) in [5.74, 6) is 0. The molecular weight excluding hydrogens is 574 g/mol. The zero-order chi connectivity index (χ0) is 31.7. The number of hydrogen-bond donors (Lipinski definition) is 0. The van der Waals surface area contributed by atoms with E-state index in [2.05, 4.69) is 20.9 Å². The Balaban J connectivity index is 0.0000194. The van der Waals surface area contributed by atoms with Crippen LogP contribution in [0.1, 0.15) is 213 Å². The third kappa shape index (κ3) is 31.2. The molecule has 0 aliphatic carbocycles. The highest BCUT2D eigenvalue weighted by Crippen LogP contribution is 2.19. The normalized spacial score (nSPS) is 15.3. The van der Waals surface area contributed by atoms with Crippen molar-refractivity contribution in [2.24, 2.45) is 0 Å². The van der Waals surface area contributed by atoms with E-state index >= 15 is 0 Å². The molecule has 0 N–H and O–H groups in total. The number of likely N-dealkylation sites (tertiary alicyclic amines) is 1. The Kier molecular flexibility index (Phi) is 35.6. The largest absolute Gasteiger partial charge is 1.00 e. The first-order chi connectivity index (χ1) is 21.7. The molecule has 0 saturated carbocycles. The lowest BCUT2D eigenvalue weighted by Gasteiger charge is -2.40. The smallest absolute Gasteiger partial charge is 0.130 e. The van der Waals surface area contributed by atoms with Gasteiger partial charge in [-0.05, 0) is 32.1 Å². The Bertz CT molecular complexity index is 554. The van der Waals surface area contributed by atoms with Gasteiger partial charge in [-0.2, -0.15) is 0 Å². The summed E-state index contributed by atoms with van der Waals surface area (Å²) >= 11 is 0. The van der Waals surface area contributed by atoms with Gasteiger partial charge in [0, 0.05) is 13.2 Å². The van der Waals surface area contributed by atoms with Crippen LogP contribution in [0, 0.1) is 0 Å². The van der Waals surface area contributed by atoms with Crippen molar-refractivity contribution >= 4 is 0 Å². The van der Waals surface area contributed by atoms with Crippen molar-refractivity contribution in [3.63, 3.8) is 0 Å². The molecule has 1 heterocycles. The number of nitrogens with zero attached hydrogens (tertiary/aromatic N) is 1. The minimum absolute atomic E-state index is 0. The molecule has 4 heteroatoms. The fourth-order valence-corrected chi connectivity index (χ4v) is 7.26. The Morgan fingerprint density at radius 1 is 0.444 bits per heavy atom. The van der Waals surface area contributed by atoms with Gasteiger partial charge in [0.25, 0.3) is 0 Å². The van der Waals surface area contributed by atoms with Crippen molar-refractivity contribution in [3.05, 3.63) is 0 Å². The lowest BCUT2D eigenvalue weighted by atomic mass is 10.0. The predicted octanol–water partition coefficient (Wildman–Crippen LogP) is 9.99. The molecule has 1 aliphatic heterocycles. The number of halogens is 1. The highest BCUT2D eigenvalue weighted by molar-refractivity contribution is 4.61. The molecule has 1 fully saturated rings. The number of quaternary nitrogens is 1. The molecule has 45 heavy (non-hydrogen) atoms. The van der Waals surface area contributed by atoms with Crippen LogP contribution in [0.4, 0.5) is 0 Å². The summed E-state index contributed by atoms with van der Waals surface area (Å²) in [4.78, 5) is 0. The van der Waals surface area contributed by atoms with Crippen molar-refractivity contribution < 1.29 is 26.4 Å². The van der Waals surface area contributed by atoms with E-state index in [4.69, 9.17) is 9.47 Å². The Morgan fingerprint density at radius 3 is 1.16 bits per heavy atom. The third-order valence-electron chi connectivity index (χ3n) is 10.3. The predicted molar refractivity (Wildman–Crippen MR) is 196 cm³/mol. The monoisotopic (exact) mass is 658 g/mol. The molecule has 0 bridgehead atoms. The molecule has 1 unspecified atom stereocenters. The Morgan fingerprint density at radius 2 is 0.778 bits per heavy atom. The maximum Gasteiger partial charge on any atom is 0.130 e. The average molecular weight is 659 g/mol. The van der Waals surface area contributed by atoms with Crippen LogP contribution in [0.3, 0.4) is 0 Å². The number of hydrogen-bond acceptors (Lipinski definition) is 2.